The highest BCUT2D eigenvalue weighted by molar-refractivity contribution is 6.31. The normalized spacial score (nSPS) is 19.3. The number of piperidine rings is 1. The van der Waals surface area contributed by atoms with Crippen molar-refractivity contribution in [2.75, 3.05) is 31.6 Å². The van der Waals surface area contributed by atoms with Crippen molar-refractivity contribution in [1.82, 2.24) is 9.80 Å². The fourth-order valence-corrected chi connectivity index (χ4v) is 5.19. The largest absolute Gasteiger partial charge is 0.492 e. The number of carbonyl (C=O) groups is 2. The molecule has 0 aromatic heterocycles. The summed E-state index contributed by atoms with van der Waals surface area (Å²) >= 11 is 6.20. The lowest BCUT2D eigenvalue weighted by Gasteiger charge is -2.38. The molecule has 0 unspecified atom stereocenters. The summed E-state index contributed by atoms with van der Waals surface area (Å²) < 4.78 is 6.00. The molecule has 0 atom stereocenters. The Kier molecular flexibility index (Phi) is 5.15. The summed E-state index contributed by atoms with van der Waals surface area (Å²) in [4.78, 5) is 28.6. The van der Waals surface area contributed by atoms with Crippen LogP contribution in [0, 0.1) is 0 Å². The number of nitrogens with one attached hydrogen (secondary N) is 1. The number of amides is 2. The fourth-order valence-electron chi connectivity index (χ4n) is 5.02. The first-order chi connectivity index (χ1) is 14.9. The van der Waals surface area contributed by atoms with Gasteiger partial charge in [-0.25, -0.2) is 0 Å². The van der Waals surface area contributed by atoms with Crippen molar-refractivity contribution in [3.8, 4) is 5.75 Å². The number of rotatable bonds is 4. The highest BCUT2D eigenvalue weighted by atomic mass is 35.5. The molecule has 0 bridgehead atoms. The first-order valence-electron chi connectivity index (χ1n) is 10.8. The number of carbonyl (C=O) groups excluding carboxylic acids is 2. The summed E-state index contributed by atoms with van der Waals surface area (Å²) in [6, 6.07) is 11.7. The van der Waals surface area contributed by atoms with Gasteiger partial charge in [0.25, 0.3) is 0 Å². The number of fused-ring (bicyclic) bond motifs is 3. The lowest BCUT2D eigenvalue weighted by Crippen LogP contribution is -2.47. The summed E-state index contributed by atoms with van der Waals surface area (Å²) in [5, 5.41) is 3.70. The third-order valence-electron chi connectivity index (χ3n) is 6.91. The molecular formula is C24H26ClN3O3. The quantitative estimate of drug-likeness (QED) is 0.791. The summed E-state index contributed by atoms with van der Waals surface area (Å²) in [7, 11) is 0. The van der Waals surface area contributed by atoms with Gasteiger partial charge >= 0.3 is 0 Å². The minimum atomic E-state index is -0.458. The standard InChI is InChI=1S/C24H26ClN3O3/c1-16(29)28-14-17-2-4-20(12-18(17)15-28)31-11-10-27-8-6-24(7-9-27)21-13-19(25)3-5-22(21)26-23(24)30/h2-5,12-13H,6-11,14-15H2,1H3,(H,26,30). The van der Waals surface area contributed by atoms with Gasteiger partial charge in [0, 0.05) is 37.3 Å². The van der Waals surface area contributed by atoms with Crippen molar-refractivity contribution in [1.29, 1.82) is 0 Å². The molecular weight excluding hydrogens is 414 g/mol. The Balaban J connectivity index is 1.15. The van der Waals surface area contributed by atoms with Gasteiger partial charge in [0.1, 0.15) is 12.4 Å². The van der Waals surface area contributed by atoms with E-state index in [1.54, 1.807) is 6.92 Å². The van der Waals surface area contributed by atoms with Gasteiger partial charge in [-0.3, -0.25) is 14.5 Å². The van der Waals surface area contributed by atoms with Crippen LogP contribution in [0.2, 0.25) is 5.02 Å². The first kappa shape index (κ1) is 20.3. The molecule has 31 heavy (non-hydrogen) atoms. The van der Waals surface area contributed by atoms with E-state index in [0.717, 1.165) is 55.0 Å². The molecule has 7 heteroatoms. The second-order valence-corrected chi connectivity index (χ2v) is 9.16. The van der Waals surface area contributed by atoms with Gasteiger partial charge in [-0.2, -0.15) is 0 Å². The van der Waals surface area contributed by atoms with Crippen LogP contribution in [-0.4, -0.2) is 47.9 Å². The Morgan fingerprint density at radius 1 is 1.13 bits per heavy atom. The van der Waals surface area contributed by atoms with Crippen molar-refractivity contribution in [3.05, 3.63) is 58.1 Å². The number of benzene rings is 2. The lowest BCUT2D eigenvalue weighted by atomic mass is 9.73. The van der Waals surface area contributed by atoms with E-state index in [2.05, 4.69) is 16.3 Å². The Hall–Kier alpha value is -2.57. The molecule has 0 radical (unpaired) electrons. The molecule has 1 spiro atoms. The van der Waals surface area contributed by atoms with Crippen LogP contribution in [0.4, 0.5) is 5.69 Å². The van der Waals surface area contributed by atoms with E-state index in [1.165, 1.54) is 5.56 Å². The zero-order chi connectivity index (χ0) is 21.6. The Morgan fingerprint density at radius 3 is 2.68 bits per heavy atom. The molecule has 3 aliphatic heterocycles. The molecule has 0 saturated carbocycles. The molecule has 2 amide bonds. The highest BCUT2D eigenvalue weighted by Gasteiger charge is 2.48. The second kappa shape index (κ2) is 7.84. The Morgan fingerprint density at radius 2 is 1.90 bits per heavy atom. The summed E-state index contributed by atoms with van der Waals surface area (Å²) in [5.74, 6) is 1.04. The number of hydrogen-bond donors (Lipinski definition) is 1. The molecule has 0 aliphatic carbocycles. The minimum absolute atomic E-state index is 0.0958. The highest BCUT2D eigenvalue weighted by Crippen LogP contribution is 2.45. The van der Waals surface area contributed by atoms with Crippen LogP contribution in [0.15, 0.2) is 36.4 Å². The first-order valence-corrected chi connectivity index (χ1v) is 11.2. The van der Waals surface area contributed by atoms with Gasteiger partial charge in [0.2, 0.25) is 11.8 Å². The van der Waals surface area contributed by atoms with Gasteiger partial charge in [-0.1, -0.05) is 17.7 Å². The number of halogens is 1. The van der Waals surface area contributed by atoms with Gasteiger partial charge in [0.15, 0.2) is 0 Å². The van der Waals surface area contributed by atoms with Crippen LogP contribution in [0.3, 0.4) is 0 Å². The maximum absolute atomic E-state index is 12.8. The molecule has 1 fully saturated rings. The van der Waals surface area contributed by atoms with E-state index in [4.69, 9.17) is 16.3 Å². The average Bonchev–Trinajstić information content (AvgIpc) is 3.29. The van der Waals surface area contributed by atoms with Crippen LogP contribution >= 0.6 is 11.6 Å². The number of hydrogen-bond acceptors (Lipinski definition) is 4. The summed E-state index contributed by atoms with van der Waals surface area (Å²) in [5.41, 5.74) is 3.83. The lowest BCUT2D eigenvalue weighted by molar-refractivity contribution is -0.129. The van der Waals surface area contributed by atoms with Crippen LogP contribution in [0.25, 0.3) is 0 Å². The number of ether oxygens (including phenoxy) is 1. The van der Waals surface area contributed by atoms with Crippen molar-refractivity contribution in [2.24, 2.45) is 0 Å². The van der Waals surface area contributed by atoms with Crippen LogP contribution < -0.4 is 10.1 Å². The van der Waals surface area contributed by atoms with Gasteiger partial charge in [-0.15, -0.1) is 0 Å². The monoisotopic (exact) mass is 439 g/mol. The molecule has 6 nitrogen and oxygen atoms in total. The topological polar surface area (TPSA) is 61.9 Å². The molecule has 2 aromatic carbocycles. The molecule has 162 valence electrons. The number of nitrogens with zero attached hydrogens (tertiary/aromatic N) is 2. The van der Waals surface area contributed by atoms with E-state index >= 15 is 0 Å². The van der Waals surface area contributed by atoms with Crippen molar-refractivity contribution in [2.45, 2.75) is 38.3 Å². The number of likely N-dealkylation sites (tertiary alicyclic amines) is 1. The SMILES string of the molecule is CC(=O)N1Cc2ccc(OCCN3CCC4(CC3)C(=O)Nc3ccc(Cl)cc34)cc2C1. The molecule has 3 heterocycles. The van der Waals surface area contributed by atoms with Crippen molar-refractivity contribution in [3.63, 3.8) is 0 Å². The predicted octanol–water partition coefficient (Wildman–Crippen LogP) is 3.57. The third-order valence-corrected chi connectivity index (χ3v) is 7.15. The van der Waals surface area contributed by atoms with Gasteiger partial charge < -0.3 is 15.0 Å². The molecule has 3 aliphatic rings. The predicted molar refractivity (Wildman–Crippen MR) is 119 cm³/mol. The zero-order valence-electron chi connectivity index (χ0n) is 17.6. The molecule has 2 aromatic rings. The van der Waals surface area contributed by atoms with E-state index in [0.29, 0.717) is 24.7 Å². The second-order valence-electron chi connectivity index (χ2n) is 8.72. The molecule has 1 saturated heterocycles. The Bertz CT molecular complexity index is 1050. The summed E-state index contributed by atoms with van der Waals surface area (Å²) in [6.07, 6.45) is 1.57. The van der Waals surface area contributed by atoms with E-state index < -0.39 is 5.41 Å². The summed E-state index contributed by atoms with van der Waals surface area (Å²) in [6.45, 7) is 6.05. The maximum Gasteiger partial charge on any atom is 0.235 e. The zero-order valence-corrected chi connectivity index (χ0v) is 18.4. The van der Waals surface area contributed by atoms with Crippen LogP contribution in [-0.2, 0) is 28.1 Å². The Labute approximate surface area is 187 Å². The van der Waals surface area contributed by atoms with E-state index in [1.807, 2.05) is 35.2 Å². The smallest absolute Gasteiger partial charge is 0.235 e. The average molecular weight is 440 g/mol. The van der Waals surface area contributed by atoms with Crippen molar-refractivity contribution >= 4 is 29.1 Å². The van der Waals surface area contributed by atoms with Gasteiger partial charge in [0.05, 0.1) is 5.41 Å². The van der Waals surface area contributed by atoms with Gasteiger partial charge in [-0.05, 0) is 73.0 Å². The van der Waals surface area contributed by atoms with Crippen LogP contribution in [0.5, 0.6) is 5.75 Å². The van der Waals surface area contributed by atoms with E-state index in [-0.39, 0.29) is 11.8 Å². The van der Waals surface area contributed by atoms with Crippen LogP contribution in [0.1, 0.15) is 36.5 Å². The minimum Gasteiger partial charge on any atom is -0.492 e. The fraction of sp³-hybridized carbons (Fsp3) is 0.417. The van der Waals surface area contributed by atoms with E-state index in [9.17, 15) is 9.59 Å². The van der Waals surface area contributed by atoms with Crippen molar-refractivity contribution < 1.29 is 14.3 Å². The number of anilines is 1. The molecule has 1 N–H and O–H groups in total. The molecule has 5 rings (SSSR count). The maximum atomic E-state index is 12.8. The third kappa shape index (κ3) is 3.68.